The van der Waals surface area contributed by atoms with E-state index in [4.69, 9.17) is 14.2 Å². The predicted octanol–water partition coefficient (Wildman–Crippen LogP) is 8.56. The number of carbonyl (C=O) groups excluding carboxylic acids is 1. The maximum atomic E-state index is 15.0. The molecule has 2 aromatic heterocycles. The molecular formula is C50H50F2N8O4. The van der Waals surface area contributed by atoms with Crippen LogP contribution in [-0.4, -0.2) is 95.0 Å². The van der Waals surface area contributed by atoms with Crippen molar-refractivity contribution in [1.82, 2.24) is 24.6 Å². The molecule has 0 spiro atoms. The number of aromatic nitrogens is 4. The molecule has 3 aliphatic rings. The fraction of sp³-hybridized carbons (Fsp3) is 0.300. The van der Waals surface area contributed by atoms with Gasteiger partial charge in [-0.2, -0.15) is 5.10 Å². The lowest BCUT2D eigenvalue weighted by atomic mass is 9.84. The lowest BCUT2D eigenvalue weighted by molar-refractivity contribution is -0.117. The van der Waals surface area contributed by atoms with Crippen LogP contribution >= 0.6 is 0 Å². The minimum Gasteiger partial charge on any atom is -0.488 e. The van der Waals surface area contributed by atoms with E-state index < -0.39 is 23.5 Å². The van der Waals surface area contributed by atoms with Crippen molar-refractivity contribution in [3.8, 4) is 5.75 Å². The number of nitrogens with zero attached hydrogens (tertiary/aromatic N) is 7. The number of aromatic amines is 1. The Morgan fingerprint density at radius 1 is 0.828 bits per heavy atom. The second-order valence-corrected chi connectivity index (χ2v) is 17.0. The fourth-order valence-electron chi connectivity index (χ4n) is 9.64. The Kier molecular flexibility index (Phi) is 11.2. The number of benzene rings is 5. The molecular weight excluding hydrogens is 815 g/mol. The third kappa shape index (κ3) is 8.14. The molecule has 0 saturated carbocycles. The van der Waals surface area contributed by atoms with Crippen molar-refractivity contribution in [2.45, 2.75) is 50.3 Å². The topological polar surface area (TPSA) is 104 Å². The highest BCUT2D eigenvalue weighted by molar-refractivity contribution is 5.95. The van der Waals surface area contributed by atoms with Crippen LogP contribution in [0.2, 0.25) is 0 Å². The van der Waals surface area contributed by atoms with Gasteiger partial charge in [0.1, 0.15) is 42.2 Å². The van der Waals surface area contributed by atoms with E-state index in [1.165, 1.54) is 40.6 Å². The predicted molar refractivity (Wildman–Crippen MR) is 242 cm³/mol. The van der Waals surface area contributed by atoms with Crippen molar-refractivity contribution < 1.29 is 27.8 Å². The Hall–Kier alpha value is -6.77. The molecule has 1 N–H and O–H groups in total. The van der Waals surface area contributed by atoms with E-state index in [0.717, 1.165) is 60.2 Å². The quantitative estimate of drug-likeness (QED) is 0.123. The average Bonchev–Trinajstić information content (AvgIpc) is 4.15. The minimum atomic E-state index is -1.24. The Morgan fingerprint density at radius 2 is 1.55 bits per heavy atom. The number of piperazine rings is 1. The number of hydrogen-bond donors (Lipinski definition) is 1. The summed E-state index contributed by atoms with van der Waals surface area (Å²) in [5, 5.41) is 5.32. The molecule has 2 amide bonds. The second kappa shape index (κ2) is 17.4. The van der Waals surface area contributed by atoms with Crippen LogP contribution in [0.4, 0.5) is 30.6 Å². The van der Waals surface area contributed by atoms with Gasteiger partial charge < -0.3 is 33.9 Å². The van der Waals surface area contributed by atoms with Crippen LogP contribution in [0.1, 0.15) is 36.5 Å². The van der Waals surface area contributed by atoms with Gasteiger partial charge in [0, 0.05) is 85.1 Å². The third-order valence-electron chi connectivity index (χ3n) is 12.8. The van der Waals surface area contributed by atoms with Crippen LogP contribution < -0.4 is 19.4 Å². The number of anilines is 3. The van der Waals surface area contributed by atoms with E-state index in [1.807, 2.05) is 41.4 Å². The van der Waals surface area contributed by atoms with E-state index in [1.54, 1.807) is 0 Å². The molecule has 5 aromatic carbocycles. The van der Waals surface area contributed by atoms with E-state index in [9.17, 15) is 9.18 Å². The Balaban J connectivity index is 0.758. The van der Waals surface area contributed by atoms with E-state index >= 15 is 4.39 Å². The maximum absolute atomic E-state index is 15.0. The number of amides is 2. The molecule has 328 valence electrons. The monoisotopic (exact) mass is 864 g/mol. The molecule has 3 aliphatic heterocycles. The number of nitrogens with one attached hydrogen (secondary N) is 1. The summed E-state index contributed by atoms with van der Waals surface area (Å²) in [7, 11) is 0. The largest absolute Gasteiger partial charge is 0.488 e. The van der Waals surface area contributed by atoms with Gasteiger partial charge in [0.15, 0.2) is 6.29 Å². The summed E-state index contributed by atoms with van der Waals surface area (Å²) >= 11 is 0. The highest BCUT2D eigenvalue weighted by Crippen LogP contribution is 2.40. The molecule has 12 nitrogen and oxygen atoms in total. The minimum absolute atomic E-state index is 0.00117. The van der Waals surface area contributed by atoms with Crippen molar-refractivity contribution in [2.75, 3.05) is 60.6 Å². The molecule has 3 fully saturated rings. The summed E-state index contributed by atoms with van der Waals surface area (Å²) in [5.74, 6) is -0.756. The zero-order chi connectivity index (χ0) is 43.8. The average molecular weight is 865 g/mol. The van der Waals surface area contributed by atoms with Crippen LogP contribution in [0.5, 0.6) is 5.75 Å². The smallest absolute Gasteiger partial charge is 0.325 e. The van der Waals surface area contributed by atoms with E-state index in [0.29, 0.717) is 12.3 Å². The molecule has 0 aliphatic carbocycles. The SMILES string of the molecule is CC(C)N1C(=O)N(c2ccc(N3CCN(c4ccc(OC[C@H]5OC[C@](Cn6cncn6)(c6ccc(F)cc6F)O5)cc4)CC3)cc2)CC1C(c1ccccc1)c1ccc2[nH]ccc2c1. The summed E-state index contributed by atoms with van der Waals surface area (Å²) in [6, 6.07) is 39.0. The van der Waals surface area contributed by atoms with Crippen LogP contribution in [-0.2, 0) is 21.6 Å². The van der Waals surface area contributed by atoms with Crippen molar-refractivity contribution >= 4 is 34.0 Å². The summed E-state index contributed by atoms with van der Waals surface area (Å²) in [6.07, 6.45) is 4.07. The first kappa shape index (κ1) is 41.3. The summed E-state index contributed by atoms with van der Waals surface area (Å²) < 4.78 is 48.7. The zero-order valence-corrected chi connectivity index (χ0v) is 35.8. The number of fused-ring (bicyclic) bond motifs is 1. The van der Waals surface area contributed by atoms with Crippen molar-refractivity contribution in [3.63, 3.8) is 0 Å². The molecule has 4 atom stereocenters. The number of urea groups is 1. The summed E-state index contributed by atoms with van der Waals surface area (Å²) in [4.78, 5) is 30.3. The van der Waals surface area contributed by atoms with Gasteiger partial charge in [-0.25, -0.2) is 23.2 Å². The number of halogens is 2. The Morgan fingerprint density at radius 3 is 2.23 bits per heavy atom. The summed E-state index contributed by atoms with van der Waals surface area (Å²) in [6.45, 7) is 8.37. The highest BCUT2D eigenvalue weighted by atomic mass is 19.1. The van der Waals surface area contributed by atoms with Crippen molar-refractivity contribution in [2.24, 2.45) is 0 Å². The molecule has 64 heavy (non-hydrogen) atoms. The number of ether oxygens (including phenoxy) is 3. The lowest BCUT2D eigenvalue weighted by Crippen LogP contribution is -2.46. The first-order valence-corrected chi connectivity index (χ1v) is 21.8. The normalized spacial score (nSPS) is 20.8. The van der Waals surface area contributed by atoms with Crippen LogP contribution in [0.3, 0.4) is 0 Å². The second-order valence-electron chi connectivity index (χ2n) is 17.0. The first-order valence-electron chi connectivity index (χ1n) is 21.8. The first-order chi connectivity index (χ1) is 31.2. The molecule has 7 aromatic rings. The number of rotatable bonds is 13. The van der Waals surface area contributed by atoms with Gasteiger partial charge in [0.25, 0.3) is 0 Å². The Bertz CT molecular complexity index is 2690. The van der Waals surface area contributed by atoms with Crippen LogP contribution in [0.25, 0.3) is 10.9 Å². The molecule has 0 radical (unpaired) electrons. The molecule has 3 saturated heterocycles. The molecule has 5 heterocycles. The third-order valence-corrected chi connectivity index (χ3v) is 12.8. The fourth-order valence-corrected chi connectivity index (χ4v) is 9.64. The van der Waals surface area contributed by atoms with Gasteiger partial charge in [0.2, 0.25) is 0 Å². The van der Waals surface area contributed by atoms with E-state index in [2.05, 4.69) is 116 Å². The zero-order valence-electron chi connectivity index (χ0n) is 35.8. The molecule has 14 heteroatoms. The summed E-state index contributed by atoms with van der Waals surface area (Å²) in [5.41, 5.74) is 5.53. The van der Waals surface area contributed by atoms with Gasteiger partial charge in [-0.15, -0.1) is 0 Å². The highest BCUT2D eigenvalue weighted by Gasteiger charge is 2.46. The van der Waals surface area contributed by atoms with Gasteiger partial charge in [-0.05, 0) is 103 Å². The van der Waals surface area contributed by atoms with Crippen molar-refractivity contribution in [1.29, 1.82) is 0 Å². The van der Waals surface area contributed by atoms with Gasteiger partial charge in [-0.3, -0.25) is 4.90 Å². The van der Waals surface area contributed by atoms with Crippen LogP contribution in [0, 0.1) is 11.6 Å². The van der Waals surface area contributed by atoms with Crippen LogP contribution in [0.15, 0.2) is 140 Å². The van der Waals surface area contributed by atoms with E-state index in [-0.39, 0.29) is 49.4 Å². The maximum Gasteiger partial charge on any atom is 0.325 e. The molecule has 10 rings (SSSR count). The van der Waals surface area contributed by atoms with Gasteiger partial charge in [0.05, 0.1) is 19.2 Å². The Labute approximate surface area is 370 Å². The lowest BCUT2D eigenvalue weighted by Gasteiger charge is -2.37. The number of carbonyl (C=O) groups is 1. The van der Waals surface area contributed by atoms with Gasteiger partial charge >= 0.3 is 6.03 Å². The standard InChI is InChI=1S/C50H50F2N8O4/c1-34(2)60-46(48(35-6-4-3-5-7-35)37-8-19-45-36(26-37)20-21-54-45)28-59(49(60)61)41-12-10-39(11-13-41)56-22-24-57(25-23-56)40-14-16-42(17-15-40)62-29-47-63-31-50(64-47,30-58-33-53-32-55-58)43-18-9-38(51)27-44(43)52/h3-21,26-27,32-34,46-48,54H,22-25,28-31H2,1-2H3/t46?,47-,48?,50+/m0/s1. The number of hydrogen-bond acceptors (Lipinski definition) is 8. The van der Waals surface area contributed by atoms with Crippen molar-refractivity contribution in [3.05, 3.63) is 169 Å². The number of H-pyrrole nitrogens is 1. The van der Waals surface area contributed by atoms with Gasteiger partial charge in [-0.1, -0.05) is 42.5 Å². The molecule has 0 bridgehead atoms. The molecule has 2 unspecified atom stereocenters.